The van der Waals surface area contributed by atoms with Gasteiger partial charge in [-0.1, -0.05) is 17.7 Å². The van der Waals surface area contributed by atoms with Gasteiger partial charge in [0.1, 0.15) is 0 Å². The Hall–Kier alpha value is -2.32. The number of carboxylic acids is 1. The topological polar surface area (TPSA) is 49.8 Å². The lowest BCUT2D eigenvalue weighted by atomic mass is 9.90. The lowest BCUT2D eigenvalue weighted by Crippen LogP contribution is -2.41. The number of carbonyl (C=O) groups is 1. The van der Waals surface area contributed by atoms with Gasteiger partial charge in [0.05, 0.1) is 24.6 Å². The predicted molar refractivity (Wildman–Crippen MR) is 103 cm³/mol. The molecular formula is C21H20ClF4NO3. The summed E-state index contributed by atoms with van der Waals surface area (Å²) in [4.78, 5) is 13.2. The maximum Gasteiger partial charge on any atom is 0.416 e. The first kappa shape index (κ1) is 22.4. The van der Waals surface area contributed by atoms with Gasteiger partial charge in [-0.15, -0.1) is 0 Å². The average Bonchev–Trinajstić information content (AvgIpc) is 2.69. The molecule has 0 saturated carbocycles. The molecule has 9 heteroatoms. The summed E-state index contributed by atoms with van der Waals surface area (Å²) in [5, 5.41) is 9.50. The number of alkyl halides is 3. The van der Waals surface area contributed by atoms with Crippen molar-refractivity contribution < 1.29 is 32.2 Å². The first-order valence-electron chi connectivity index (χ1n) is 9.28. The molecule has 1 saturated heterocycles. The van der Waals surface area contributed by atoms with Gasteiger partial charge >= 0.3 is 12.1 Å². The number of carboxylic acid groups (broad SMARTS) is 1. The maximum atomic E-state index is 14.4. The Morgan fingerprint density at radius 2 is 2.00 bits per heavy atom. The molecule has 1 aliphatic rings. The highest BCUT2D eigenvalue weighted by atomic mass is 35.5. The Morgan fingerprint density at radius 3 is 2.60 bits per heavy atom. The summed E-state index contributed by atoms with van der Waals surface area (Å²) in [6, 6.07) is 6.26. The molecule has 2 aromatic carbocycles. The van der Waals surface area contributed by atoms with E-state index in [-0.39, 0.29) is 22.9 Å². The average molecular weight is 446 g/mol. The van der Waals surface area contributed by atoms with E-state index in [1.807, 2.05) is 0 Å². The first-order chi connectivity index (χ1) is 14.1. The van der Waals surface area contributed by atoms with Crippen LogP contribution in [-0.4, -0.2) is 36.2 Å². The summed E-state index contributed by atoms with van der Waals surface area (Å²) < 4.78 is 59.3. The molecule has 1 heterocycles. The minimum absolute atomic E-state index is 0.00491. The van der Waals surface area contributed by atoms with E-state index in [1.54, 1.807) is 11.0 Å². The first-order valence-corrected chi connectivity index (χ1v) is 9.66. The fourth-order valence-corrected chi connectivity index (χ4v) is 4.03. The van der Waals surface area contributed by atoms with Gasteiger partial charge in [-0.3, -0.25) is 9.69 Å². The van der Waals surface area contributed by atoms with Gasteiger partial charge in [0.15, 0.2) is 11.6 Å². The van der Waals surface area contributed by atoms with Crippen LogP contribution in [-0.2, 0) is 11.0 Å². The second kappa shape index (κ2) is 8.81. The van der Waals surface area contributed by atoms with Crippen molar-refractivity contribution in [3.8, 4) is 5.75 Å². The van der Waals surface area contributed by atoms with Gasteiger partial charge in [0.25, 0.3) is 0 Å². The van der Waals surface area contributed by atoms with Gasteiger partial charge in [0.2, 0.25) is 0 Å². The van der Waals surface area contributed by atoms with Crippen LogP contribution in [0, 0.1) is 11.7 Å². The smallest absolute Gasteiger partial charge is 0.416 e. The van der Waals surface area contributed by atoms with Crippen molar-refractivity contribution >= 4 is 17.6 Å². The highest BCUT2D eigenvalue weighted by Gasteiger charge is 2.35. The Morgan fingerprint density at radius 1 is 1.27 bits per heavy atom. The summed E-state index contributed by atoms with van der Waals surface area (Å²) in [5.74, 6) is -2.33. The molecule has 30 heavy (non-hydrogen) atoms. The van der Waals surface area contributed by atoms with Crippen LogP contribution in [0.25, 0.3) is 0 Å². The third-order valence-electron chi connectivity index (χ3n) is 5.28. The van der Waals surface area contributed by atoms with Crippen molar-refractivity contribution in [3.05, 3.63) is 63.9 Å². The minimum Gasteiger partial charge on any atom is -0.494 e. The lowest BCUT2D eigenvalue weighted by molar-refractivity contribution is -0.143. The van der Waals surface area contributed by atoms with E-state index in [4.69, 9.17) is 16.3 Å². The van der Waals surface area contributed by atoms with Crippen LogP contribution in [0.4, 0.5) is 17.6 Å². The Labute approximate surface area is 176 Å². The number of methoxy groups -OCH3 is 1. The largest absolute Gasteiger partial charge is 0.494 e. The zero-order chi connectivity index (χ0) is 22.1. The molecular weight excluding hydrogens is 426 g/mol. The minimum atomic E-state index is -4.58. The monoisotopic (exact) mass is 445 g/mol. The molecule has 0 radical (unpaired) electrons. The van der Waals surface area contributed by atoms with E-state index in [1.165, 1.54) is 19.2 Å². The van der Waals surface area contributed by atoms with E-state index in [2.05, 4.69) is 0 Å². The van der Waals surface area contributed by atoms with Gasteiger partial charge in [-0.25, -0.2) is 4.39 Å². The molecule has 162 valence electrons. The van der Waals surface area contributed by atoms with Crippen molar-refractivity contribution in [2.75, 3.05) is 20.2 Å². The summed E-state index contributed by atoms with van der Waals surface area (Å²) in [6.45, 7) is 0.550. The molecule has 1 N–H and O–H groups in total. The molecule has 0 aliphatic carbocycles. The van der Waals surface area contributed by atoms with E-state index in [0.29, 0.717) is 24.9 Å². The molecule has 1 fully saturated rings. The zero-order valence-electron chi connectivity index (χ0n) is 16.0. The fourth-order valence-electron chi connectivity index (χ4n) is 3.81. The SMILES string of the molecule is COc1ccc(C(c2cc(C(F)(F)F)ccc2Cl)N2CCCC(C(=O)O)C2)cc1F. The highest BCUT2D eigenvalue weighted by molar-refractivity contribution is 6.31. The number of rotatable bonds is 5. The molecule has 0 aromatic heterocycles. The Balaban J connectivity index is 2.13. The molecule has 3 rings (SSSR count). The van der Waals surface area contributed by atoms with Crippen molar-refractivity contribution in [2.45, 2.75) is 25.1 Å². The van der Waals surface area contributed by atoms with Crippen LogP contribution in [0.1, 0.15) is 35.6 Å². The molecule has 0 bridgehead atoms. The number of benzene rings is 2. The summed E-state index contributed by atoms with van der Waals surface area (Å²) >= 11 is 6.28. The van der Waals surface area contributed by atoms with Gasteiger partial charge in [-0.2, -0.15) is 13.2 Å². The van der Waals surface area contributed by atoms with Gasteiger partial charge in [0, 0.05) is 11.6 Å². The van der Waals surface area contributed by atoms with Crippen LogP contribution >= 0.6 is 11.6 Å². The molecule has 2 unspecified atom stereocenters. The number of hydrogen-bond donors (Lipinski definition) is 1. The number of likely N-dealkylation sites (tertiary alicyclic amines) is 1. The number of piperidine rings is 1. The van der Waals surface area contributed by atoms with Crippen LogP contribution in [0.5, 0.6) is 5.75 Å². The third-order valence-corrected chi connectivity index (χ3v) is 5.62. The number of aliphatic carboxylic acids is 1. The lowest BCUT2D eigenvalue weighted by Gasteiger charge is -2.38. The quantitative estimate of drug-likeness (QED) is 0.627. The summed E-state index contributed by atoms with van der Waals surface area (Å²) in [6.07, 6.45) is -3.57. The predicted octanol–water partition coefficient (Wildman–Crippen LogP) is 5.39. The van der Waals surface area contributed by atoms with Gasteiger partial charge in [-0.05, 0) is 60.8 Å². The van der Waals surface area contributed by atoms with Crippen molar-refractivity contribution in [1.29, 1.82) is 0 Å². The van der Waals surface area contributed by atoms with Crippen LogP contribution in [0.15, 0.2) is 36.4 Å². The molecule has 0 amide bonds. The molecule has 2 aromatic rings. The van der Waals surface area contributed by atoms with Crippen LogP contribution < -0.4 is 4.74 Å². The van der Waals surface area contributed by atoms with Gasteiger partial charge < -0.3 is 9.84 Å². The number of ether oxygens (including phenoxy) is 1. The standard InChI is InChI=1S/C21H20ClF4NO3/c1-30-18-7-4-12(9-17(18)23)19(27-8-2-3-13(11-27)20(28)29)15-10-14(21(24,25)26)5-6-16(15)22/h4-7,9-10,13,19H,2-3,8,11H2,1H3,(H,28,29). The highest BCUT2D eigenvalue weighted by Crippen LogP contribution is 2.40. The van der Waals surface area contributed by atoms with E-state index in [9.17, 15) is 27.5 Å². The van der Waals surface area contributed by atoms with Crippen LogP contribution in [0.2, 0.25) is 5.02 Å². The number of nitrogens with zero attached hydrogens (tertiary/aromatic N) is 1. The Bertz CT molecular complexity index is 935. The maximum absolute atomic E-state index is 14.4. The molecule has 4 nitrogen and oxygen atoms in total. The molecule has 1 aliphatic heterocycles. The summed E-state index contributed by atoms with van der Waals surface area (Å²) in [5.41, 5.74) is -0.379. The van der Waals surface area contributed by atoms with Crippen molar-refractivity contribution in [1.82, 2.24) is 4.90 Å². The number of halogens is 5. The second-order valence-corrected chi connectivity index (χ2v) is 7.61. The summed E-state index contributed by atoms with van der Waals surface area (Å²) in [7, 11) is 1.31. The third kappa shape index (κ3) is 4.70. The van der Waals surface area contributed by atoms with Crippen molar-refractivity contribution in [2.24, 2.45) is 5.92 Å². The fraction of sp³-hybridized carbons (Fsp3) is 0.381. The normalized spacial score (nSPS) is 18.8. The zero-order valence-corrected chi connectivity index (χ0v) is 16.8. The van der Waals surface area contributed by atoms with E-state index < -0.39 is 35.5 Å². The number of hydrogen-bond acceptors (Lipinski definition) is 3. The second-order valence-electron chi connectivity index (χ2n) is 7.20. The van der Waals surface area contributed by atoms with Crippen molar-refractivity contribution in [3.63, 3.8) is 0 Å². The van der Waals surface area contributed by atoms with E-state index >= 15 is 0 Å². The Kier molecular flexibility index (Phi) is 6.57. The van der Waals surface area contributed by atoms with E-state index in [0.717, 1.165) is 18.2 Å². The molecule has 0 spiro atoms. The van der Waals surface area contributed by atoms with Crippen LogP contribution in [0.3, 0.4) is 0 Å². The molecule has 2 atom stereocenters.